The van der Waals surface area contributed by atoms with Crippen LogP contribution in [-0.4, -0.2) is 28.9 Å². The number of nitriles is 1. The lowest BCUT2D eigenvalue weighted by Crippen LogP contribution is -2.30. The van der Waals surface area contributed by atoms with Crippen LogP contribution in [0.2, 0.25) is 0 Å². The first-order valence-electron chi connectivity index (χ1n) is 4.37. The molecule has 1 rings (SSSR count). The number of hydrogen-bond donors (Lipinski definition) is 3. The highest BCUT2D eigenvalue weighted by Crippen LogP contribution is 2.12. The van der Waals surface area contributed by atoms with Gasteiger partial charge < -0.3 is 15.8 Å². The van der Waals surface area contributed by atoms with Gasteiger partial charge in [-0.25, -0.2) is 4.99 Å². The minimum Gasteiger partial charge on any atom is -0.423 e. The molecule has 7 heteroatoms. The number of halogens is 1. The zero-order valence-corrected chi connectivity index (χ0v) is 9.02. The van der Waals surface area contributed by atoms with E-state index >= 15 is 0 Å². The number of rotatable bonds is 3. The van der Waals surface area contributed by atoms with Crippen molar-refractivity contribution in [2.45, 2.75) is 0 Å². The molecule has 1 aromatic carbocycles. The van der Waals surface area contributed by atoms with Crippen LogP contribution in [0.25, 0.3) is 0 Å². The summed E-state index contributed by atoms with van der Waals surface area (Å²) >= 11 is 5.46. The van der Waals surface area contributed by atoms with Crippen molar-refractivity contribution in [2.75, 3.05) is 5.88 Å². The highest BCUT2D eigenvalue weighted by atomic mass is 35.5. The molecule has 0 radical (unpaired) electrons. The average Bonchev–Trinajstić information content (AvgIpc) is 2.28. The second-order valence-electron chi connectivity index (χ2n) is 3.00. The van der Waals surface area contributed by atoms with E-state index in [2.05, 4.69) is 4.99 Å². The Balaban J connectivity index is 3.27. The van der Waals surface area contributed by atoms with Crippen molar-refractivity contribution >= 4 is 35.7 Å². The third kappa shape index (κ3) is 2.97. The summed E-state index contributed by atoms with van der Waals surface area (Å²) in [6.07, 6.45) is 0. The fourth-order valence-electron chi connectivity index (χ4n) is 1.11. The van der Waals surface area contributed by atoms with Gasteiger partial charge in [0, 0.05) is 5.46 Å². The lowest BCUT2D eigenvalue weighted by atomic mass is 9.78. The van der Waals surface area contributed by atoms with Crippen LogP contribution in [0.15, 0.2) is 23.2 Å². The Morgan fingerprint density at radius 3 is 2.75 bits per heavy atom. The first-order chi connectivity index (χ1) is 7.58. The Morgan fingerprint density at radius 1 is 1.56 bits per heavy atom. The summed E-state index contributed by atoms with van der Waals surface area (Å²) in [4.78, 5) is 3.90. The predicted octanol–water partition coefficient (Wildman–Crippen LogP) is -0.534. The maximum absolute atomic E-state index is 9.08. The first kappa shape index (κ1) is 12.5. The van der Waals surface area contributed by atoms with Crippen LogP contribution in [0.5, 0.6) is 0 Å². The fraction of sp³-hybridized carbons (Fsp3) is 0.111. The van der Waals surface area contributed by atoms with Gasteiger partial charge in [0.1, 0.15) is 5.84 Å². The van der Waals surface area contributed by atoms with Crippen LogP contribution in [0, 0.1) is 11.3 Å². The van der Waals surface area contributed by atoms with Crippen LogP contribution in [0.1, 0.15) is 5.56 Å². The van der Waals surface area contributed by atoms with E-state index in [1.165, 1.54) is 18.2 Å². The van der Waals surface area contributed by atoms with Crippen molar-refractivity contribution in [1.29, 1.82) is 5.26 Å². The van der Waals surface area contributed by atoms with Crippen LogP contribution in [-0.2, 0) is 0 Å². The van der Waals surface area contributed by atoms with E-state index in [9.17, 15) is 0 Å². The number of benzene rings is 1. The summed E-state index contributed by atoms with van der Waals surface area (Å²) in [5, 5.41) is 26.9. The Hall–Kier alpha value is -1.55. The quantitative estimate of drug-likeness (QED) is 0.284. The lowest BCUT2D eigenvalue weighted by molar-refractivity contribution is 0.426. The zero-order chi connectivity index (χ0) is 12.1. The Labute approximate surface area is 97.9 Å². The van der Waals surface area contributed by atoms with Crippen molar-refractivity contribution in [3.05, 3.63) is 23.8 Å². The third-order valence-electron chi connectivity index (χ3n) is 1.84. The number of nitrogens with two attached hydrogens (primary N) is 1. The molecule has 16 heavy (non-hydrogen) atoms. The molecule has 0 amide bonds. The van der Waals surface area contributed by atoms with E-state index in [0.29, 0.717) is 5.56 Å². The molecular weight excluding hydrogens is 228 g/mol. The van der Waals surface area contributed by atoms with Gasteiger partial charge in [-0.05, 0) is 12.1 Å². The molecule has 0 atom stereocenters. The zero-order valence-electron chi connectivity index (χ0n) is 8.26. The minimum absolute atomic E-state index is 0.0255. The van der Waals surface area contributed by atoms with Crippen molar-refractivity contribution < 1.29 is 10.0 Å². The summed E-state index contributed by atoms with van der Waals surface area (Å²) in [7, 11) is -1.67. The number of hydrogen-bond acceptors (Lipinski definition) is 4. The van der Waals surface area contributed by atoms with Gasteiger partial charge in [0.05, 0.1) is 23.2 Å². The average molecular weight is 237 g/mol. The standard InChI is InChI=1S/C9H9BClN3O2/c11-4-9(13)14-8-3-6(5-12)1-2-7(8)10(15)16/h1-3,15-16H,4H2,(H2,13,14). The highest BCUT2D eigenvalue weighted by molar-refractivity contribution is 6.60. The van der Waals surface area contributed by atoms with Crippen LogP contribution >= 0.6 is 11.6 Å². The fourth-order valence-corrected chi connectivity index (χ4v) is 1.17. The molecular formula is C9H9BClN3O2. The summed E-state index contributed by atoms with van der Waals surface area (Å²) in [5.41, 5.74) is 6.19. The number of alkyl halides is 1. The Kier molecular flexibility index (Phi) is 4.32. The molecule has 0 aliphatic rings. The van der Waals surface area contributed by atoms with Crippen molar-refractivity contribution in [2.24, 2.45) is 10.7 Å². The maximum atomic E-state index is 9.08. The largest absolute Gasteiger partial charge is 0.490 e. The maximum Gasteiger partial charge on any atom is 0.490 e. The molecule has 0 heterocycles. The Bertz CT molecular complexity index is 457. The van der Waals surface area contributed by atoms with Gasteiger partial charge >= 0.3 is 7.12 Å². The molecule has 0 saturated carbocycles. The summed E-state index contributed by atoms with van der Waals surface area (Å²) in [6, 6.07) is 6.20. The van der Waals surface area contributed by atoms with Gasteiger partial charge in [-0.3, -0.25) is 0 Å². The lowest BCUT2D eigenvalue weighted by Gasteiger charge is -2.05. The van der Waals surface area contributed by atoms with Gasteiger partial charge in [0.15, 0.2) is 0 Å². The van der Waals surface area contributed by atoms with Gasteiger partial charge in [-0.15, -0.1) is 11.6 Å². The SMILES string of the molecule is N#Cc1ccc(B(O)O)c(N=C(N)CCl)c1. The first-order valence-corrected chi connectivity index (χ1v) is 4.91. The van der Waals surface area contributed by atoms with Crippen molar-refractivity contribution in [3.8, 4) is 6.07 Å². The van der Waals surface area contributed by atoms with E-state index in [1.54, 1.807) is 0 Å². The molecule has 1 aromatic rings. The molecule has 0 bridgehead atoms. The monoisotopic (exact) mass is 237 g/mol. The topological polar surface area (TPSA) is 103 Å². The summed E-state index contributed by atoms with van der Waals surface area (Å²) in [5.74, 6) is 0.163. The van der Waals surface area contributed by atoms with Crippen molar-refractivity contribution in [1.82, 2.24) is 0 Å². The molecule has 0 aliphatic heterocycles. The van der Waals surface area contributed by atoms with Gasteiger partial charge in [0.25, 0.3) is 0 Å². The van der Waals surface area contributed by atoms with E-state index in [1.807, 2.05) is 6.07 Å². The molecule has 0 saturated heterocycles. The molecule has 0 spiro atoms. The van der Waals surface area contributed by atoms with Gasteiger partial charge in [0.2, 0.25) is 0 Å². The van der Waals surface area contributed by atoms with E-state index in [0.717, 1.165) is 0 Å². The smallest absolute Gasteiger partial charge is 0.423 e. The number of nitrogens with zero attached hydrogens (tertiary/aromatic N) is 2. The van der Waals surface area contributed by atoms with Crippen LogP contribution in [0.4, 0.5) is 5.69 Å². The van der Waals surface area contributed by atoms with Gasteiger partial charge in [-0.2, -0.15) is 5.26 Å². The molecule has 0 unspecified atom stereocenters. The normalized spacial score (nSPS) is 11.0. The third-order valence-corrected chi connectivity index (χ3v) is 2.11. The van der Waals surface area contributed by atoms with Gasteiger partial charge in [-0.1, -0.05) is 6.07 Å². The molecule has 0 aromatic heterocycles. The summed E-state index contributed by atoms with van der Waals surface area (Å²) < 4.78 is 0. The van der Waals surface area contributed by atoms with E-state index < -0.39 is 7.12 Å². The number of aliphatic imine (C=N–C) groups is 1. The second kappa shape index (κ2) is 5.51. The molecule has 5 nitrogen and oxygen atoms in total. The summed E-state index contributed by atoms with van der Waals surface area (Å²) in [6.45, 7) is 0. The predicted molar refractivity (Wildman–Crippen MR) is 63.0 cm³/mol. The molecule has 4 N–H and O–H groups in total. The Morgan fingerprint density at radius 2 is 2.25 bits per heavy atom. The van der Waals surface area contributed by atoms with E-state index in [4.69, 9.17) is 32.6 Å². The van der Waals surface area contributed by atoms with Crippen LogP contribution in [0.3, 0.4) is 0 Å². The molecule has 0 fully saturated rings. The van der Waals surface area contributed by atoms with Crippen molar-refractivity contribution in [3.63, 3.8) is 0 Å². The highest BCUT2D eigenvalue weighted by Gasteiger charge is 2.16. The number of amidine groups is 1. The minimum atomic E-state index is -1.67. The second-order valence-corrected chi connectivity index (χ2v) is 3.26. The van der Waals surface area contributed by atoms with E-state index in [-0.39, 0.29) is 22.9 Å². The molecule has 82 valence electrons. The van der Waals surface area contributed by atoms with Crippen LogP contribution < -0.4 is 11.2 Å². The molecule has 0 aliphatic carbocycles.